The van der Waals surface area contributed by atoms with E-state index in [0.29, 0.717) is 6.42 Å². The van der Waals surface area contributed by atoms with Crippen LogP contribution in [0, 0.1) is 0 Å². The first-order chi connectivity index (χ1) is 7.47. The Balaban J connectivity index is 1.92. The largest absolute Gasteiger partial charge is 0.402 e. The van der Waals surface area contributed by atoms with E-state index in [4.69, 9.17) is 5.84 Å². The van der Waals surface area contributed by atoms with Gasteiger partial charge in [-0.05, 0) is 12.0 Å². The molecule has 0 saturated heterocycles. The van der Waals surface area contributed by atoms with Crippen LogP contribution < -0.4 is 5.84 Å². The molecule has 0 spiro atoms. The highest BCUT2D eigenvalue weighted by atomic mass is 19.4. The van der Waals surface area contributed by atoms with Crippen LogP contribution in [0.15, 0.2) is 30.3 Å². The van der Waals surface area contributed by atoms with Crippen LogP contribution >= 0.6 is 0 Å². The van der Waals surface area contributed by atoms with Crippen LogP contribution in [0.1, 0.15) is 17.9 Å². The average Bonchev–Trinajstić information content (AvgIpc) is 2.96. The minimum Gasteiger partial charge on any atom is -0.268 e. The number of hydrogen-bond donors (Lipinski definition) is 1. The Morgan fingerprint density at radius 2 is 1.88 bits per heavy atom. The van der Waals surface area contributed by atoms with Crippen molar-refractivity contribution in [1.29, 1.82) is 0 Å². The molecule has 0 radical (unpaired) electrons. The highest BCUT2D eigenvalue weighted by molar-refractivity contribution is 5.27. The quantitative estimate of drug-likeness (QED) is 0.637. The molecule has 0 aliphatic heterocycles. The fourth-order valence-corrected chi connectivity index (χ4v) is 1.93. The lowest BCUT2D eigenvalue weighted by atomic mass is 10.1. The Hall–Kier alpha value is -1.07. The van der Waals surface area contributed by atoms with E-state index in [9.17, 15) is 13.2 Å². The van der Waals surface area contributed by atoms with Crippen molar-refractivity contribution in [2.45, 2.75) is 24.6 Å². The highest BCUT2D eigenvalue weighted by Gasteiger charge is 2.45. The molecule has 2 rings (SSSR count). The van der Waals surface area contributed by atoms with Gasteiger partial charge in [-0.15, -0.1) is 0 Å². The van der Waals surface area contributed by atoms with Crippen molar-refractivity contribution in [3.8, 4) is 0 Å². The third kappa shape index (κ3) is 2.74. The zero-order valence-corrected chi connectivity index (χ0v) is 8.61. The van der Waals surface area contributed by atoms with Crippen molar-refractivity contribution in [2.75, 3.05) is 6.54 Å². The molecule has 0 bridgehead atoms. The molecular formula is C11H13F3N2. The molecule has 2 nitrogen and oxygen atoms in total. The Kier molecular flexibility index (Phi) is 2.90. The molecule has 1 aromatic rings. The molecule has 16 heavy (non-hydrogen) atoms. The molecule has 1 aliphatic rings. The van der Waals surface area contributed by atoms with Crippen LogP contribution in [0.25, 0.3) is 0 Å². The minimum absolute atomic E-state index is 0.147. The summed E-state index contributed by atoms with van der Waals surface area (Å²) in [5, 5.41) is 0.900. The fraction of sp³-hybridized carbons (Fsp3) is 0.455. The second-order valence-electron chi connectivity index (χ2n) is 4.11. The predicted octanol–water partition coefficient (Wildman–Crippen LogP) is 2.28. The van der Waals surface area contributed by atoms with Crippen LogP contribution in [0.5, 0.6) is 0 Å². The second kappa shape index (κ2) is 4.07. The standard InChI is InChI=1S/C11H13F3N2/c12-11(13,14)7-16(15)10-6-9(10)8-4-2-1-3-5-8/h1-5,9-10H,6-7,15H2. The Bertz CT molecular complexity index is 350. The molecule has 1 aliphatic carbocycles. The van der Waals surface area contributed by atoms with E-state index in [1.54, 1.807) is 0 Å². The number of hydrogen-bond acceptors (Lipinski definition) is 2. The van der Waals surface area contributed by atoms with Gasteiger partial charge >= 0.3 is 6.18 Å². The average molecular weight is 230 g/mol. The van der Waals surface area contributed by atoms with E-state index in [1.807, 2.05) is 30.3 Å². The van der Waals surface area contributed by atoms with Gasteiger partial charge in [0.25, 0.3) is 0 Å². The summed E-state index contributed by atoms with van der Waals surface area (Å²) in [5.41, 5.74) is 1.06. The van der Waals surface area contributed by atoms with Crippen LogP contribution in [-0.4, -0.2) is 23.8 Å². The first-order valence-corrected chi connectivity index (χ1v) is 5.10. The van der Waals surface area contributed by atoms with Crippen LogP contribution in [0.2, 0.25) is 0 Å². The monoisotopic (exact) mass is 230 g/mol. The molecule has 0 amide bonds. The lowest BCUT2D eigenvalue weighted by Gasteiger charge is -2.18. The van der Waals surface area contributed by atoms with Gasteiger partial charge in [0.15, 0.2) is 0 Å². The molecule has 5 heteroatoms. The van der Waals surface area contributed by atoms with Crippen LogP contribution in [0.3, 0.4) is 0 Å². The molecule has 1 saturated carbocycles. The number of alkyl halides is 3. The van der Waals surface area contributed by atoms with Crippen molar-refractivity contribution in [1.82, 2.24) is 5.01 Å². The number of hydrazine groups is 1. The van der Waals surface area contributed by atoms with Gasteiger partial charge in [0, 0.05) is 12.0 Å². The molecular weight excluding hydrogens is 217 g/mol. The molecule has 1 fully saturated rings. The number of nitrogens with zero attached hydrogens (tertiary/aromatic N) is 1. The van der Waals surface area contributed by atoms with Crippen molar-refractivity contribution < 1.29 is 13.2 Å². The van der Waals surface area contributed by atoms with Gasteiger partial charge in [-0.3, -0.25) is 5.84 Å². The summed E-state index contributed by atoms with van der Waals surface area (Å²) < 4.78 is 36.3. The van der Waals surface area contributed by atoms with Gasteiger partial charge < -0.3 is 0 Å². The summed E-state index contributed by atoms with van der Waals surface area (Å²) in [4.78, 5) is 0. The van der Waals surface area contributed by atoms with Crippen molar-refractivity contribution in [3.63, 3.8) is 0 Å². The third-order valence-corrected chi connectivity index (χ3v) is 2.77. The zero-order valence-electron chi connectivity index (χ0n) is 8.61. The Morgan fingerprint density at radius 1 is 1.25 bits per heavy atom. The SMILES string of the molecule is NN(CC(F)(F)F)C1CC1c1ccccc1. The van der Waals surface area contributed by atoms with Gasteiger partial charge in [0.1, 0.15) is 6.54 Å². The van der Waals surface area contributed by atoms with Crippen LogP contribution in [0.4, 0.5) is 13.2 Å². The lowest BCUT2D eigenvalue weighted by Crippen LogP contribution is -2.41. The van der Waals surface area contributed by atoms with E-state index in [-0.39, 0.29) is 12.0 Å². The topological polar surface area (TPSA) is 29.3 Å². The van der Waals surface area contributed by atoms with Gasteiger partial charge in [0.05, 0.1) is 0 Å². The minimum atomic E-state index is -4.22. The molecule has 88 valence electrons. The van der Waals surface area contributed by atoms with E-state index in [2.05, 4.69) is 0 Å². The third-order valence-electron chi connectivity index (χ3n) is 2.77. The molecule has 1 aromatic carbocycles. The maximum absolute atomic E-state index is 12.1. The lowest BCUT2D eigenvalue weighted by molar-refractivity contribution is -0.147. The van der Waals surface area contributed by atoms with Gasteiger partial charge in [-0.2, -0.15) is 13.2 Å². The normalized spacial score (nSPS) is 24.8. The summed E-state index contributed by atoms with van der Waals surface area (Å²) in [6.07, 6.45) is -3.52. The first-order valence-electron chi connectivity index (χ1n) is 5.10. The molecule has 2 atom stereocenters. The first kappa shape index (κ1) is 11.4. The molecule has 2 N–H and O–H groups in total. The van der Waals surface area contributed by atoms with E-state index < -0.39 is 12.7 Å². The Morgan fingerprint density at radius 3 is 2.44 bits per heavy atom. The maximum Gasteiger partial charge on any atom is 0.402 e. The van der Waals surface area contributed by atoms with Crippen molar-refractivity contribution >= 4 is 0 Å². The number of nitrogens with two attached hydrogens (primary N) is 1. The molecule has 0 aromatic heterocycles. The summed E-state index contributed by atoms with van der Waals surface area (Å²) in [7, 11) is 0. The van der Waals surface area contributed by atoms with E-state index >= 15 is 0 Å². The number of rotatable bonds is 3. The highest BCUT2D eigenvalue weighted by Crippen LogP contribution is 2.44. The maximum atomic E-state index is 12.1. The summed E-state index contributed by atoms with van der Waals surface area (Å²) in [6.45, 7) is -1.04. The molecule has 2 unspecified atom stereocenters. The fourth-order valence-electron chi connectivity index (χ4n) is 1.93. The van der Waals surface area contributed by atoms with Crippen molar-refractivity contribution in [3.05, 3.63) is 35.9 Å². The smallest absolute Gasteiger partial charge is 0.268 e. The van der Waals surface area contributed by atoms with E-state index in [1.165, 1.54) is 0 Å². The molecule has 0 heterocycles. The summed E-state index contributed by atoms with van der Waals surface area (Å²) in [6, 6.07) is 9.32. The second-order valence-corrected chi connectivity index (χ2v) is 4.11. The zero-order chi connectivity index (χ0) is 11.8. The Labute approximate surface area is 91.8 Å². The predicted molar refractivity (Wildman–Crippen MR) is 54.5 cm³/mol. The summed E-state index contributed by atoms with van der Waals surface area (Å²) in [5.74, 6) is 5.55. The van der Waals surface area contributed by atoms with Crippen molar-refractivity contribution in [2.24, 2.45) is 5.84 Å². The van der Waals surface area contributed by atoms with Gasteiger partial charge in [-0.1, -0.05) is 30.3 Å². The van der Waals surface area contributed by atoms with E-state index in [0.717, 1.165) is 10.6 Å². The van der Waals surface area contributed by atoms with Crippen LogP contribution in [-0.2, 0) is 0 Å². The van der Waals surface area contributed by atoms with Gasteiger partial charge in [-0.25, -0.2) is 5.01 Å². The van der Waals surface area contributed by atoms with Gasteiger partial charge in [0.2, 0.25) is 0 Å². The summed E-state index contributed by atoms with van der Waals surface area (Å²) >= 11 is 0. The number of halogens is 3. The number of benzene rings is 1.